The molecule has 0 unspecified atom stereocenters. The van der Waals surface area contributed by atoms with Crippen LogP contribution in [0.1, 0.15) is 22.3 Å². The first-order chi connectivity index (χ1) is 15.4. The SMILES string of the molecule is Cc1cc(C)c2nc(N(Cc3cccnc3)C(=O)/C=C\c3ccc([N+](=O)[O-])cc3)sc2c1. The first kappa shape index (κ1) is 21.3. The fourth-order valence-corrected chi connectivity index (χ4v) is 4.50. The number of hydrogen-bond acceptors (Lipinski definition) is 6. The van der Waals surface area contributed by atoms with E-state index in [0.29, 0.717) is 17.2 Å². The number of pyridine rings is 1. The minimum absolute atomic E-state index is 0.00631. The third-order valence-electron chi connectivity index (χ3n) is 4.90. The van der Waals surface area contributed by atoms with Gasteiger partial charge in [0.05, 0.1) is 21.7 Å². The molecule has 0 fully saturated rings. The Bertz CT molecular complexity index is 1310. The third kappa shape index (κ3) is 4.70. The molecule has 8 heteroatoms. The molecule has 0 atom stereocenters. The summed E-state index contributed by atoms with van der Waals surface area (Å²) in [6.07, 6.45) is 6.52. The summed E-state index contributed by atoms with van der Waals surface area (Å²) >= 11 is 1.47. The maximum Gasteiger partial charge on any atom is 0.269 e. The summed E-state index contributed by atoms with van der Waals surface area (Å²) in [6, 6.07) is 13.9. The van der Waals surface area contributed by atoms with Crippen molar-refractivity contribution in [1.29, 1.82) is 0 Å². The summed E-state index contributed by atoms with van der Waals surface area (Å²) in [5, 5.41) is 11.4. The van der Waals surface area contributed by atoms with Gasteiger partial charge in [0, 0.05) is 30.6 Å². The van der Waals surface area contributed by atoms with Gasteiger partial charge < -0.3 is 0 Å². The molecule has 2 heterocycles. The van der Waals surface area contributed by atoms with Crippen molar-refractivity contribution >= 4 is 44.4 Å². The lowest BCUT2D eigenvalue weighted by Crippen LogP contribution is -2.28. The summed E-state index contributed by atoms with van der Waals surface area (Å²) in [5.74, 6) is -0.236. The molecule has 0 N–H and O–H groups in total. The van der Waals surface area contributed by atoms with Gasteiger partial charge in [-0.1, -0.05) is 23.5 Å². The number of rotatable bonds is 6. The highest BCUT2D eigenvalue weighted by atomic mass is 32.1. The molecule has 0 bridgehead atoms. The third-order valence-corrected chi connectivity index (χ3v) is 5.93. The van der Waals surface area contributed by atoms with Gasteiger partial charge in [-0.05, 0) is 66.4 Å². The number of aryl methyl sites for hydroxylation is 2. The number of thiazole rings is 1. The molecule has 2 aromatic carbocycles. The molecule has 2 aromatic heterocycles. The summed E-state index contributed by atoms with van der Waals surface area (Å²) in [5.41, 5.74) is 4.69. The fraction of sp³-hybridized carbons (Fsp3) is 0.125. The number of carbonyl (C=O) groups is 1. The molecule has 0 aliphatic carbocycles. The maximum absolute atomic E-state index is 13.2. The minimum atomic E-state index is -0.453. The number of carbonyl (C=O) groups excluding carboxylic acids is 1. The van der Waals surface area contributed by atoms with Crippen LogP contribution in [0.4, 0.5) is 10.8 Å². The Morgan fingerprint density at radius 3 is 2.66 bits per heavy atom. The van der Waals surface area contributed by atoms with Crippen LogP contribution in [0.25, 0.3) is 16.3 Å². The monoisotopic (exact) mass is 444 g/mol. The largest absolute Gasteiger partial charge is 0.280 e. The number of non-ortho nitro benzene ring substituents is 1. The molecular formula is C24H20N4O3S. The van der Waals surface area contributed by atoms with Gasteiger partial charge in [-0.25, -0.2) is 4.98 Å². The molecule has 7 nitrogen and oxygen atoms in total. The fourth-order valence-electron chi connectivity index (χ4n) is 3.35. The van der Waals surface area contributed by atoms with Crippen molar-refractivity contribution in [3.63, 3.8) is 0 Å². The van der Waals surface area contributed by atoms with Crippen LogP contribution in [0.15, 0.2) is 67.0 Å². The number of anilines is 1. The van der Waals surface area contributed by atoms with Crippen LogP contribution in [-0.4, -0.2) is 20.8 Å². The number of nitrogens with zero attached hydrogens (tertiary/aromatic N) is 4. The molecule has 0 aliphatic rings. The smallest absolute Gasteiger partial charge is 0.269 e. The van der Waals surface area contributed by atoms with E-state index in [-0.39, 0.29) is 11.6 Å². The number of nitro benzene ring substituents is 1. The van der Waals surface area contributed by atoms with E-state index >= 15 is 0 Å². The summed E-state index contributed by atoms with van der Waals surface area (Å²) in [4.78, 5) is 34.1. The van der Waals surface area contributed by atoms with Crippen molar-refractivity contribution in [3.8, 4) is 0 Å². The van der Waals surface area contributed by atoms with Crippen molar-refractivity contribution in [2.45, 2.75) is 20.4 Å². The zero-order valence-electron chi connectivity index (χ0n) is 17.6. The highest BCUT2D eigenvalue weighted by Crippen LogP contribution is 2.32. The van der Waals surface area contributed by atoms with Crippen LogP contribution >= 0.6 is 11.3 Å². The zero-order valence-corrected chi connectivity index (χ0v) is 18.4. The Labute approximate surface area is 188 Å². The van der Waals surface area contributed by atoms with E-state index < -0.39 is 4.92 Å². The molecule has 0 saturated heterocycles. The van der Waals surface area contributed by atoms with E-state index in [1.807, 2.05) is 26.0 Å². The minimum Gasteiger partial charge on any atom is -0.280 e. The lowest BCUT2D eigenvalue weighted by molar-refractivity contribution is -0.384. The van der Waals surface area contributed by atoms with Crippen molar-refractivity contribution in [2.75, 3.05) is 4.90 Å². The Balaban J connectivity index is 1.66. The van der Waals surface area contributed by atoms with Crippen LogP contribution in [0.2, 0.25) is 0 Å². The first-order valence-electron chi connectivity index (χ1n) is 9.91. The quantitative estimate of drug-likeness (QED) is 0.224. The van der Waals surface area contributed by atoms with Gasteiger partial charge in [0.1, 0.15) is 0 Å². The molecule has 4 aromatic rings. The second-order valence-electron chi connectivity index (χ2n) is 7.39. The second kappa shape index (κ2) is 9.07. The van der Waals surface area contributed by atoms with Gasteiger partial charge in [0.15, 0.2) is 5.13 Å². The predicted molar refractivity (Wildman–Crippen MR) is 127 cm³/mol. The number of benzene rings is 2. The lowest BCUT2D eigenvalue weighted by atomic mass is 10.1. The average molecular weight is 445 g/mol. The van der Waals surface area contributed by atoms with Crippen molar-refractivity contribution < 1.29 is 9.72 Å². The summed E-state index contributed by atoms with van der Waals surface area (Å²) in [6.45, 7) is 4.38. The van der Waals surface area contributed by atoms with E-state index in [0.717, 1.165) is 26.9 Å². The molecule has 1 amide bonds. The first-order valence-corrected chi connectivity index (χ1v) is 10.7. The van der Waals surface area contributed by atoms with E-state index in [4.69, 9.17) is 4.98 Å². The Hall–Kier alpha value is -3.91. The highest BCUT2D eigenvalue weighted by Gasteiger charge is 2.19. The standard InChI is InChI=1S/C24H20N4O3S/c1-16-12-17(2)23-21(13-16)32-24(26-23)27(15-19-4-3-11-25-14-19)22(29)10-7-18-5-8-20(9-6-18)28(30)31/h3-14H,15H2,1-2H3/b10-7-. The summed E-state index contributed by atoms with van der Waals surface area (Å²) in [7, 11) is 0. The number of hydrogen-bond donors (Lipinski definition) is 0. The van der Waals surface area contributed by atoms with Crippen LogP contribution < -0.4 is 4.90 Å². The molecule has 32 heavy (non-hydrogen) atoms. The maximum atomic E-state index is 13.2. The molecule has 0 saturated carbocycles. The Kier molecular flexibility index (Phi) is 6.04. The van der Waals surface area contributed by atoms with Crippen molar-refractivity contribution in [3.05, 3.63) is 99.4 Å². The predicted octanol–water partition coefficient (Wildman–Crippen LogP) is 5.46. The van der Waals surface area contributed by atoms with Gasteiger partial charge in [-0.3, -0.25) is 24.8 Å². The van der Waals surface area contributed by atoms with Crippen LogP contribution in [0, 0.1) is 24.0 Å². The Morgan fingerprint density at radius 1 is 1.19 bits per heavy atom. The number of amides is 1. The topological polar surface area (TPSA) is 89.2 Å². The second-order valence-corrected chi connectivity index (χ2v) is 8.40. The lowest BCUT2D eigenvalue weighted by Gasteiger charge is -2.18. The molecule has 0 spiro atoms. The van der Waals surface area contributed by atoms with Gasteiger partial charge in [0.2, 0.25) is 0 Å². The number of nitro groups is 1. The van der Waals surface area contributed by atoms with E-state index in [1.54, 1.807) is 35.5 Å². The van der Waals surface area contributed by atoms with Crippen LogP contribution in [-0.2, 0) is 11.3 Å². The molecule has 160 valence electrons. The van der Waals surface area contributed by atoms with Gasteiger partial charge in [-0.2, -0.15) is 0 Å². The molecule has 0 radical (unpaired) electrons. The number of aromatic nitrogens is 2. The van der Waals surface area contributed by atoms with Crippen molar-refractivity contribution in [2.24, 2.45) is 0 Å². The van der Waals surface area contributed by atoms with Crippen LogP contribution in [0.3, 0.4) is 0 Å². The van der Waals surface area contributed by atoms with Crippen LogP contribution in [0.5, 0.6) is 0 Å². The van der Waals surface area contributed by atoms with E-state index in [2.05, 4.69) is 17.1 Å². The molecule has 4 rings (SSSR count). The van der Waals surface area contributed by atoms with E-state index in [1.165, 1.54) is 29.5 Å². The average Bonchev–Trinajstić information content (AvgIpc) is 3.21. The zero-order chi connectivity index (χ0) is 22.7. The Morgan fingerprint density at radius 2 is 1.97 bits per heavy atom. The molecule has 0 aliphatic heterocycles. The highest BCUT2D eigenvalue weighted by molar-refractivity contribution is 7.22. The number of fused-ring (bicyclic) bond motifs is 1. The van der Waals surface area contributed by atoms with Crippen molar-refractivity contribution in [1.82, 2.24) is 9.97 Å². The van der Waals surface area contributed by atoms with Gasteiger partial charge in [0.25, 0.3) is 11.6 Å². The van der Waals surface area contributed by atoms with E-state index in [9.17, 15) is 14.9 Å². The normalized spacial score (nSPS) is 11.2. The summed E-state index contributed by atoms with van der Waals surface area (Å²) < 4.78 is 1.03. The van der Waals surface area contributed by atoms with Gasteiger partial charge in [-0.15, -0.1) is 0 Å². The van der Waals surface area contributed by atoms with Gasteiger partial charge >= 0.3 is 0 Å². The molecular weight excluding hydrogens is 424 g/mol.